The molecule has 1 aromatic carbocycles. The highest BCUT2D eigenvalue weighted by Gasteiger charge is 2.16. The Labute approximate surface area is 147 Å². The predicted molar refractivity (Wildman–Crippen MR) is 93.7 cm³/mol. The van der Waals surface area contributed by atoms with Crippen molar-refractivity contribution in [1.82, 2.24) is 4.98 Å². The molecule has 1 aliphatic heterocycles. The van der Waals surface area contributed by atoms with Gasteiger partial charge in [-0.3, -0.25) is 0 Å². The third-order valence-corrected chi connectivity index (χ3v) is 4.46. The number of hydrogen-bond donors (Lipinski definition) is 0. The molecule has 0 saturated carbocycles. The van der Waals surface area contributed by atoms with Crippen molar-refractivity contribution in [1.29, 1.82) is 0 Å². The zero-order chi connectivity index (χ0) is 17.4. The lowest BCUT2D eigenvalue weighted by Crippen LogP contribution is -2.36. The molecule has 0 aliphatic carbocycles. The minimum absolute atomic E-state index is 0.226. The van der Waals surface area contributed by atoms with E-state index in [1.807, 2.05) is 12.1 Å². The van der Waals surface area contributed by atoms with Crippen LogP contribution in [0.5, 0.6) is 0 Å². The zero-order valence-electron chi connectivity index (χ0n) is 13.2. The number of hydrogen-bond acceptors (Lipinski definition) is 5. The fraction of sp³-hybridized carbons (Fsp3) is 0.222. The predicted octanol–water partition coefficient (Wildman–Crippen LogP) is 3.48. The first-order chi connectivity index (χ1) is 12.1. The molecule has 0 N–H and O–H groups in total. The maximum atomic E-state index is 13.3. The first-order valence-electron chi connectivity index (χ1n) is 7.85. The number of morpholine rings is 1. The highest BCUT2D eigenvalue weighted by molar-refractivity contribution is 6.33. The molecule has 5 nitrogen and oxygen atoms in total. The van der Waals surface area contributed by atoms with Gasteiger partial charge in [-0.25, -0.2) is 9.18 Å². The average molecular weight is 361 g/mol. The standard InChI is InChI=1S/C18H14ClFN2O3/c19-15-9-11(20)1-2-12(15)14-10-17(23)25-18-13(14)3-4-16(21-18)22-5-7-24-8-6-22/h1-4,9-10H,5-8H2. The summed E-state index contributed by atoms with van der Waals surface area (Å²) in [6.07, 6.45) is 0. The van der Waals surface area contributed by atoms with Crippen LogP contribution in [0.25, 0.3) is 22.2 Å². The van der Waals surface area contributed by atoms with Crippen molar-refractivity contribution in [3.63, 3.8) is 0 Å². The van der Waals surface area contributed by atoms with E-state index in [1.165, 1.54) is 18.2 Å². The van der Waals surface area contributed by atoms with E-state index in [1.54, 1.807) is 6.07 Å². The molecule has 3 heterocycles. The van der Waals surface area contributed by atoms with Gasteiger partial charge in [0.15, 0.2) is 0 Å². The minimum Gasteiger partial charge on any atom is -0.404 e. The topological polar surface area (TPSA) is 55.6 Å². The Morgan fingerprint density at radius 1 is 1.08 bits per heavy atom. The lowest BCUT2D eigenvalue weighted by molar-refractivity contribution is 0.122. The fourth-order valence-electron chi connectivity index (χ4n) is 2.93. The van der Waals surface area contributed by atoms with Gasteiger partial charge < -0.3 is 14.1 Å². The second kappa shape index (κ2) is 6.46. The molecule has 0 atom stereocenters. The Bertz CT molecular complexity index is 999. The number of nitrogens with zero attached hydrogens (tertiary/aromatic N) is 2. The lowest BCUT2D eigenvalue weighted by Gasteiger charge is -2.27. The third kappa shape index (κ3) is 3.10. The maximum absolute atomic E-state index is 13.3. The van der Waals surface area contributed by atoms with Crippen LogP contribution in [-0.2, 0) is 4.74 Å². The van der Waals surface area contributed by atoms with Crippen LogP contribution in [0.3, 0.4) is 0 Å². The van der Waals surface area contributed by atoms with Crippen molar-refractivity contribution in [3.8, 4) is 11.1 Å². The highest BCUT2D eigenvalue weighted by Crippen LogP contribution is 2.33. The number of fused-ring (bicyclic) bond motifs is 1. The Hall–Kier alpha value is -2.44. The van der Waals surface area contributed by atoms with Crippen molar-refractivity contribution in [2.24, 2.45) is 0 Å². The normalized spacial score (nSPS) is 14.9. The monoisotopic (exact) mass is 360 g/mol. The molecular weight excluding hydrogens is 347 g/mol. The van der Waals surface area contributed by atoms with E-state index in [9.17, 15) is 9.18 Å². The van der Waals surface area contributed by atoms with Gasteiger partial charge in [0.25, 0.3) is 0 Å². The highest BCUT2D eigenvalue weighted by atomic mass is 35.5. The summed E-state index contributed by atoms with van der Waals surface area (Å²) in [7, 11) is 0. The first-order valence-corrected chi connectivity index (χ1v) is 8.22. The van der Waals surface area contributed by atoms with Gasteiger partial charge >= 0.3 is 5.63 Å². The third-order valence-electron chi connectivity index (χ3n) is 4.15. The van der Waals surface area contributed by atoms with Crippen molar-refractivity contribution in [3.05, 3.63) is 57.7 Å². The van der Waals surface area contributed by atoms with Crippen LogP contribution in [0.4, 0.5) is 10.2 Å². The minimum atomic E-state index is -0.533. The molecule has 1 fully saturated rings. The van der Waals surface area contributed by atoms with Crippen molar-refractivity contribution in [2.45, 2.75) is 0 Å². The molecule has 3 aromatic rings. The molecule has 25 heavy (non-hydrogen) atoms. The first kappa shape index (κ1) is 16.1. The zero-order valence-corrected chi connectivity index (χ0v) is 13.9. The van der Waals surface area contributed by atoms with Crippen molar-refractivity contribution >= 4 is 28.5 Å². The van der Waals surface area contributed by atoms with E-state index in [4.69, 9.17) is 20.8 Å². The Balaban J connectivity index is 1.86. The SMILES string of the molecule is O=c1cc(-c2ccc(F)cc2Cl)c2ccc(N3CCOCC3)nc2o1. The molecule has 4 rings (SSSR count). The second-order valence-electron chi connectivity index (χ2n) is 5.72. The van der Waals surface area contributed by atoms with Gasteiger partial charge in [-0.1, -0.05) is 11.6 Å². The van der Waals surface area contributed by atoms with Crippen LogP contribution in [0, 0.1) is 5.82 Å². The van der Waals surface area contributed by atoms with Crippen LogP contribution in [0.15, 0.2) is 45.6 Å². The van der Waals surface area contributed by atoms with E-state index in [-0.39, 0.29) is 10.7 Å². The summed E-state index contributed by atoms with van der Waals surface area (Å²) in [5.41, 5.74) is 0.820. The summed E-state index contributed by atoms with van der Waals surface area (Å²) in [6, 6.07) is 9.11. The van der Waals surface area contributed by atoms with E-state index in [0.717, 1.165) is 18.9 Å². The molecule has 0 unspecified atom stereocenters. The maximum Gasteiger partial charge on any atom is 0.338 e. The van der Waals surface area contributed by atoms with Gasteiger partial charge in [0.05, 0.1) is 18.2 Å². The molecule has 0 radical (unpaired) electrons. The smallest absolute Gasteiger partial charge is 0.338 e. The van der Waals surface area contributed by atoms with Crippen LogP contribution < -0.4 is 10.5 Å². The molecule has 0 bridgehead atoms. The number of aromatic nitrogens is 1. The lowest BCUT2D eigenvalue weighted by atomic mass is 10.0. The van der Waals surface area contributed by atoms with E-state index in [2.05, 4.69) is 9.88 Å². The van der Waals surface area contributed by atoms with E-state index in [0.29, 0.717) is 29.7 Å². The summed E-state index contributed by atoms with van der Waals surface area (Å²) in [4.78, 5) is 18.5. The molecule has 7 heteroatoms. The Morgan fingerprint density at radius 2 is 1.88 bits per heavy atom. The fourth-order valence-corrected chi connectivity index (χ4v) is 3.20. The Kier molecular flexibility index (Phi) is 4.15. The summed E-state index contributed by atoms with van der Waals surface area (Å²) in [5, 5.41) is 0.870. The van der Waals surface area contributed by atoms with Crippen molar-refractivity contribution < 1.29 is 13.5 Å². The van der Waals surface area contributed by atoms with Gasteiger partial charge in [-0.05, 0) is 30.3 Å². The number of ether oxygens (including phenoxy) is 1. The quantitative estimate of drug-likeness (QED) is 0.700. The Morgan fingerprint density at radius 3 is 2.64 bits per heavy atom. The molecule has 0 amide bonds. The van der Waals surface area contributed by atoms with Crippen LogP contribution in [0.2, 0.25) is 5.02 Å². The largest absolute Gasteiger partial charge is 0.404 e. The van der Waals surface area contributed by atoms with Crippen LogP contribution >= 0.6 is 11.6 Å². The van der Waals surface area contributed by atoms with Crippen molar-refractivity contribution in [2.75, 3.05) is 31.2 Å². The average Bonchev–Trinajstić information content (AvgIpc) is 2.61. The molecule has 1 saturated heterocycles. The molecular formula is C18H14ClFN2O3. The summed E-state index contributed by atoms with van der Waals surface area (Å²) >= 11 is 6.15. The van der Waals surface area contributed by atoms with Crippen LogP contribution in [0.1, 0.15) is 0 Å². The van der Waals surface area contributed by atoms with Gasteiger partial charge in [0.1, 0.15) is 11.6 Å². The number of benzene rings is 1. The summed E-state index contributed by atoms with van der Waals surface area (Å²) in [5.74, 6) is 0.287. The van der Waals surface area contributed by atoms with Gasteiger partial charge in [0, 0.05) is 35.7 Å². The van der Waals surface area contributed by atoms with E-state index < -0.39 is 11.4 Å². The molecule has 1 aliphatic rings. The number of rotatable bonds is 2. The van der Waals surface area contributed by atoms with Gasteiger partial charge in [0.2, 0.25) is 5.71 Å². The van der Waals surface area contributed by atoms with Gasteiger partial charge in [-0.15, -0.1) is 0 Å². The summed E-state index contributed by atoms with van der Waals surface area (Å²) in [6.45, 7) is 2.72. The molecule has 128 valence electrons. The number of pyridine rings is 1. The molecule has 2 aromatic heterocycles. The molecule has 0 spiro atoms. The number of halogens is 2. The van der Waals surface area contributed by atoms with E-state index >= 15 is 0 Å². The second-order valence-corrected chi connectivity index (χ2v) is 6.13. The summed E-state index contributed by atoms with van der Waals surface area (Å²) < 4.78 is 23.9. The number of anilines is 1. The van der Waals surface area contributed by atoms with Crippen LogP contribution in [-0.4, -0.2) is 31.3 Å². The van der Waals surface area contributed by atoms with Gasteiger partial charge in [-0.2, -0.15) is 4.98 Å².